The van der Waals surface area contributed by atoms with Gasteiger partial charge in [0.15, 0.2) is 0 Å². The van der Waals surface area contributed by atoms with E-state index in [0.717, 1.165) is 43.1 Å². The second-order valence-electron chi connectivity index (χ2n) is 7.42. The van der Waals surface area contributed by atoms with E-state index in [-0.39, 0.29) is 0 Å². The topological polar surface area (TPSA) is 24.9 Å². The van der Waals surface area contributed by atoms with E-state index in [2.05, 4.69) is 22.8 Å². The molecule has 2 unspecified atom stereocenters. The van der Waals surface area contributed by atoms with Gasteiger partial charge in [0.25, 0.3) is 0 Å². The molecule has 1 heterocycles. The van der Waals surface area contributed by atoms with Crippen molar-refractivity contribution in [3.8, 4) is 11.5 Å². The molecule has 2 aliphatic rings. The number of hydrogen-bond acceptors (Lipinski definition) is 4. The number of nitrogens with zero attached hydrogens (tertiary/aromatic N) is 2. The second kappa shape index (κ2) is 8.21. The van der Waals surface area contributed by atoms with Gasteiger partial charge in [0.1, 0.15) is 11.5 Å². The average Bonchev–Trinajstić information content (AvgIpc) is 2.62. The number of methoxy groups -OCH3 is 2. The number of piperazine rings is 1. The van der Waals surface area contributed by atoms with Crippen molar-refractivity contribution in [3.05, 3.63) is 23.8 Å². The molecule has 1 aliphatic heterocycles. The zero-order valence-electron chi connectivity index (χ0n) is 15.5. The molecule has 0 aromatic heterocycles. The highest BCUT2D eigenvalue weighted by molar-refractivity contribution is 5.40. The Hall–Kier alpha value is -1.26. The van der Waals surface area contributed by atoms with Crippen LogP contribution in [0.2, 0.25) is 0 Å². The molecule has 0 radical (unpaired) electrons. The smallest absolute Gasteiger partial charge is 0.123 e. The average molecular weight is 332 g/mol. The minimum Gasteiger partial charge on any atom is -0.497 e. The monoisotopic (exact) mass is 332 g/mol. The first-order valence-corrected chi connectivity index (χ1v) is 9.37. The molecule has 24 heavy (non-hydrogen) atoms. The van der Waals surface area contributed by atoms with Crippen molar-refractivity contribution in [2.75, 3.05) is 40.4 Å². The molecule has 4 heteroatoms. The molecule has 0 amide bonds. The standard InChI is InChI=1S/C20H32N2O2/c1-16-5-4-6-18(13-16)22-11-9-21(10-12-22)15-17-14-19(23-2)7-8-20(17)24-3/h7-8,14,16,18H,4-6,9-13,15H2,1-3H3. The summed E-state index contributed by atoms with van der Waals surface area (Å²) in [5.74, 6) is 2.77. The number of rotatable bonds is 5. The second-order valence-corrected chi connectivity index (χ2v) is 7.42. The van der Waals surface area contributed by atoms with Gasteiger partial charge in [-0.05, 0) is 37.0 Å². The highest BCUT2D eigenvalue weighted by atomic mass is 16.5. The van der Waals surface area contributed by atoms with Crippen LogP contribution in [0, 0.1) is 5.92 Å². The first kappa shape index (κ1) is 17.6. The molecule has 2 fully saturated rings. The summed E-state index contributed by atoms with van der Waals surface area (Å²) < 4.78 is 10.9. The van der Waals surface area contributed by atoms with Crippen molar-refractivity contribution < 1.29 is 9.47 Å². The molecule has 1 aromatic carbocycles. The summed E-state index contributed by atoms with van der Waals surface area (Å²) in [7, 11) is 3.46. The van der Waals surface area contributed by atoms with Gasteiger partial charge >= 0.3 is 0 Å². The van der Waals surface area contributed by atoms with Crippen LogP contribution in [0.3, 0.4) is 0 Å². The van der Waals surface area contributed by atoms with E-state index in [1.165, 1.54) is 44.3 Å². The quantitative estimate of drug-likeness (QED) is 0.825. The molecule has 4 nitrogen and oxygen atoms in total. The van der Waals surface area contributed by atoms with Gasteiger partial charge in [-0.2, -0.15) is 0 Å². The Bertz CT molecular complexity index is 526. The van der Waals surface area contributed by atoms with Crippen molar-refractivity contribution in [1.82, 2.24) is 9.80 Å². The third kappa shape index (κ3) is 4.22. The maximum Gasteiger partial charge on any atom is 0.123 e. The van der Waals surface area contributed by atoms with Crippen LogP contribution >= 0.6 is 0 Å². The number of hydrogen-bond donors (Lipinski definition) is 0. The van der Waals surface area contributed by atoms with Gasteiger partial charge in [0.05, 0.1) is 14.2 Å². The van der Waals surface area contributed by atoms with Crippen molar-refractivity contribution in [1.29, 1.82) is 0 Å². The summed E-state index contributed by atoms with van der Waals surface area (Å²) in [5, 5.41) is 0. The summed E-state index contributed by atoms with van der Waals surface area (Å²) in [4.78, 5) is 5.27. The Morgan fingerprint density at radius 1 is 1.04 bits per heavy atom. The maximum atomic E-state index is 5.52. The summed E-state index contributed by atoms with van der Waals surface area (Å²) >= 11 is 0. The van der Waals surface area contributed by atoms with Crippen molar-refractivity contribution in [3.63, 3.8) is 0 Å². The highest BCUT2D eigenvalue weighted by Gasteiger charge is 2.27. The van der Waals surface area contributed by atoms with Crippen LogP contribution in [0.15, 0.2) is 18.2 Å². The van der Waals surface area contributed by atoms with E-state index >= 15 is 0 Å². The molecule has 1 aromatic rings. The molecule has 2 atom stereocenters. The number of benzene rings is 1. The van der Waals surface area contributed by atoms with Crippen LogP contribution < -0.4 is 9.47 Å². The Labute approximate surface area is 146 Å². The fourth-order valence-corrected chi connectivity index (χ4v) is 4.27. The molecule has 134 valence electrons. The molecule has 0 bridgehead atoms. The Morgan fingerprint density at radius 3 is 2.50 bits per heavy atom. The lowest BCUT2D eigenvalue weighted by atomic mass is 9.86. The van der Waals surface area contributed by atoms with Crippen molar-refractivity contribution >= 4 is 0 Å². The lowest BCUT2D eigenvalue weighted by Crippen LogP contribution is -2.50. The van der Waals surface area contributed by atoms with Gasteiger partial charge in [-0.25, -0.2) is 0 Å². The maximum absolute atomic E-state index is 5.52. The lowest BCUT2D eigenvalue weighted by molar-refractivity contribution is 0.0656. The molecule has 3 rings (SSSR count). The Morgan fingerprint density at radius 2 is 1.83 bits per heavy atom. The first-order valence-electron chi connectivity index (χ1n) is 9.37. The third-order valence-electron chi connectivity index (χ3n) is 5.71. The molecule has 0 spiro atoms. The molecule has 1 saturated heterocycles. The van der Waals surface area contributed by atoms with E-state index in [1.54, 1.807) is 14.2 Å². The summed E-state index contributed by atoms with van der Waals surface area (Å²) in [6.07, 6.45) is 5.62. The minimum atomic E-state index is 0.822. The van der Waals surface area contributed by atoms with Crippen LogP contribution in [0.4, 0.5) is 0 Å². The highest BCUT2D eigenvalue weighted by Crippen LogP contribution is 2.29. The van der Waals surface area contributed by atoms with Gasteiger partial charge in [0.2, 0.25) is 0 Å². The normalized spacial score (nSPS) is 26.3. The third-order valence-corrected chi connectivity index (χ3v) is 5.71. The lowest BCUT2D eigenvalue weighted by Gasteiger charge is -2.42. The van der Waals surface area contributed by atoms with E-state index in [9.17, 15) is 0 Å². The van der Waals surface area contributed by atoms with Gasteiger partial charge in [-0.1, -0.05) is 19.8 Å². The largest absolute Gasteiger partial charge is 0.497 e. The van der Waals surface area contributed by atoms with Gasteiger partial charge in [-0.3, -0.25) is 9.80 Å². The van der Waals surface area contributed by atoms with Crippen LogP contribution in [-0.4, -0.2) is 56.2 Å². The van der Waals surface area contributed by atoms with Gasteiger partial charge < -0.3 is 9.47 Å². The fraction of sp³-hybridized carbons (Fsp3) is 0.700. The Kier molecular flexibility index (Phi) is 6.01. The fourth-order valence-electron chi connectivity index (χ4n) is 4.27. The van der Waals surface area contributed by atoms with Crippen LogP contribution in [0.25, 0.3) is 0 Å². The number of ether oxygens (including phenoxy) is 2. The first-order chi connectivity index (χ1) is 11.7. The minimum absolute atomic E-state index is 0.822. The summed E-state index contributed by atoms with van der Waals surface area (Å²) in [6.45, 7) is 8.04. The SMILES string of the molecule is COc1ccc(OC)c(CN2CCN(C3CCCC(C)C3)CC2)c1. The van der Waals surface area contributed by atoms with Crippen molar-refractivity contribution in [2.24, 2.45) is 5.92 Å². The van der Waals surface area contributed by atoms with E-state index in [1.807, 2.05) is 12.1 Å². The van der Waals surface area contributed by atoms with Gasteiger partial charge in [0, 0.05) is 44.3 Å². The van der Waals surface area contributed by atoms with Crippen LogP contribution in [0.5, 0.6) is 11.5 Å². The van der Waals surface area contributed by atoms with E-state index in [0.29, 0.717) is 0 Å². The molecular formula is C20H32N2O2. The molecule has 1 saturated carbocycles. The van der Waals surface area contributed by atoms with E-state index in [4.69, 9.17) is 9.47 Å². The molecule has 0 N–H and O–H groups in total. The van der Waals surface area contributed by atoms with Crippen LogP contribution in [0.1, 0.15) is 38.2 Å². The Balaban J connectivity index is 1.55. The van der Waals surface area contributed by atoms with Crippen LogP contribution in [-0.2, 0) is 6.54 Å². The van der Waals surface area contributed by atoms with E-state index < -0.39 is 0 Å². The van der Waals surface area contributed by atoms with Gasteiger partial charge in [-0.15, -0.1) is 0 Å². The van der Waals surface area contributed by atoms with Crippen molar-refractivity contribution in [2.45, 2.75) is 45.2 Å². The molecular weight excluding hydrogens is 300 g/mol. The predicted molar refractivity (Wildman–Crippen MR) is 97.8 cm³/mol. The molecule has 1 aliphatic carbocycles. The summed E-state index contributed by atoms with van der Waals surface area (Å²) in [5.41, 5.74) is 1.22. The predicted octanol–water partition coefficient (Wildman–Crippen LogP) is 3.40. The zero-order chi connectivity index (χ0) is 16.9. The summed E-state index contributed by atoms with van der Waals surface area (Å²) in [6, 6.07) is 6.90. The zero-order valence-corrected chi connectivity index (χ0v) is 15.5.